The molecule has 1 heterocycles. The largest absolute Gasteiger partial charge is 0.497 e. The molecule has 0 saturated carbocycles. The Morgan fingerprint density at radius 1 is 1.15 bits per heavy atom. The van der Waals surface area contributed by atoms with Gasteiger partial charge in [0.05, 0.1) is 39.9 Å². The molecule has 9 heteroatoms. The second kappa shape index (κ2) is 7.02. The number of methoxy groups -OCH3 is 1. The number of aliphatic hydroxyl groups excluding tert-OH is 1. The highest BCUT2D eigenvalue weighted by Gasteiger charge is 2.22. The Morgan fingerprint density at radius 2 is 1.88 bits per heavy atom. The average Bonchev–Trinajstić information content (AvgIpc) is 2.60. The van der Waals surface area contributed by atoms with Crippen molar-refractivity contribution in [3.8, 4) is 16.9 Å². The fourth-order valence-electron chi connectivity index (χ4n) is 2.68. The number of aliphatic hydroxyl groups is 1. The normalized spacial score (nSPS) is 11.7. The Balaban J connectivity index is 2.49. The molecule has 0 aliphatic rings. The number of sulfonamides is 1. The number of pyridine rings is 1. The van der Waals surface area contributed by atoms with E-state index >= 15 is 0 Å². The van der Waals surface area contributed by atoms with Crippen LogP contribution in [0.2, 0.25) is 10.0 Å². The lowest BCUT2D eigenvalue weighted by Gasteiger charge is -2.15. The third-order valence-electron chi connectivity index (χ3n) is 3.86. The summed E-state index contributed by atoms with van der Waals surface area (Å²) in [6.45, 7) is -0.292. The van der Waals surface area contributed by atoms with E-state index in [9.17, 15) is 13.5 Å². The molecule has 0 saturated heterocycles. The van der Waals surface area contributed by atoms with Crippen molar-refractivity contribution >= 4 is 44.1 Å². The molecule has 0 spiro atoms. The van der Waals surface area contributed by atoms with Crippen molar-refractivity contribution in [3.63, 3.8) is 0 Å². The molecule has 1 aromatic heterocycles. The summed E-state index contributed by atoms with van der Waals surface area (Å²) in [4.78, 5) is 4.25. The molecule has 3 N–H and O–H groups in total. The van der Waals surface area contributed by atoms with Crippen LogP contribution < -0.4 is 9.88 Å². The van der Waals surface area contributed by atoms with Gasteiger partial charge in [0, 0.05) is 16.5 Å². The highest BCUT2D eigenvalue weighted by atomic mass is 35.5. The molecule has 0 aliphatic heterocycles. The fourth-order valence-corrected chi connectivity index (χ4v) is 4.02. The van der Waals surface area contributed by atoms with Crippen LogP contribution in [0.5, 0.6) is 5.75 Å². The van der Waals surface area contributed by atoms with Crippen LogP contribution in [0, 0.1) is 0 Å². The van der Waals surface area contributed by atoms with E-state index in [2.05, 4.69) is 4.98 Å². The second-order valence-corrected chi connectivity index (χ2v) is 7.82. The van der Waals surface area contributed by atoms with Crippen LogP contribution in [0.4, 0.5) is 0 Å². The molecule has 0 atom stereocenters. The summed E-state index contributed by atoms with van der Waals surface area (Å²) in [6.07, 6.45) is 0. The third-order valence-corrected chi connectivity index (χ3v) is 5.44. The molecule has 0 aliphatic carbocycles. The first-order valence-electron chi connectivity index (χ1n) is 7.36. The molecule has 0 bridgehead atoms. The zero-order valence-corrected chi connectivity index (χ0v) is 15.9. The number of nitrogens with zero attached hydrogens (tertiary/aromatic N) is 1. The van der Waals surface area contributed by atoms with Crippen molar-refractivity contribution in [3.05, 3.63) is 52.1 Å². The molecule has 136 valence electrons. The zero-order valence-electron chi connectivity index (χ0n) is 13.5. The summed E-state index contributed by atoms with van der Waals surface area (Å²) in [7, 11) is -2.58. The lowest BCUT2D eigenvalue weighted by atomic mass is 10.0. The predicted molar refractivity (Wildman–Crippen MR) is 101 cm³/mol. The Bertz CT molecular complexity index is 1120. The van der Waals surface area contributed by atoms with Crippen LogP contribution in [-0.4, -0.2) is 25.6 Å². The number of nitrogens with two attached hydrogens (primary N) is 1. The number of halogens is 2. The SMILES string of the molecule is COc1ccc(S(N)(=O)=O)c(-c2c(Cl)cc(Cl)c3ccc(CO)nc23)c1. The van der Waals surface area contributed by atoms with Crippen molar-refractivity contribution in [2.45, 2.75) is 11.5 Å². The fraction of sp³-hybridized carbons (Fsp3) is 0.118. The van der Waals surface area contributed by atoms with E-state index in [0.29, 0.717) is 32.9 Å². The van der Waals surface area contributed by atoms with Gasteiger partial charge in [0.2, 0.25) is 10.0 Å². The summed E-state index contributed by atoms with van der Waals surface area (Å²) in [5.74, 6) is 0.421. The van der Waals surface area contributed by atoms with Gasteiger partial charge in [0.15, 0.2) is 0 Å². The topological polar surface area (TPSA) is 103 Å². The highest BCUT2D eigenvalue weighted by molar-refractivity contribution is 7.89. The van der Waals surface area contributed by atoms with Crippen LogP contribution in [0.3, 0.4) is 0 Å². The quantitative estimate of drug-likeness (QED) is 0.683. The van der Waals surface area contributed by atoms with Gasteiger partial charge in [-0.05, 0) is 36.4 Å². The van der Waals surface area contributed by atoms with E-state index in [4.69, 9.17) is 33.1 Å². The van der Waals surface area contributed by atoms with Gasteiger partial charge in [0.1, 0.15) is 5.75 Å². The molecule has 0 unspecified atom stereocenters. The molecule has 0 amide bonds. The molecular formula is C17H14Cl2N2O4S. The maximum atomic E-state index is 12.1. The summed E-state index contributed by atoms with van der Waals surface area (Å²) in [6, 6.07) is 9.16. The zero-order chi connectivity index (χ0) is 19.1. The van der Waals surface area contributed by atoms with Gasteiger partial charge in [-0.2, -0.15) is 0 Å². The molecule has 3 rings (SSSR count). The van der Waals surface area contributed by atoms with Crippen LogP contribution in [0.1, 0.15) is 5.69 Å². The Kier molecular flexibility index (Phi) is 5.09. The Hall–Kier alpha value is -1.90. The number of ether oxygens (including phenoxy) is 1. The van der Waals surface area contributed by atoms with Gasteiger partial charge < -0.3 is 9.84 Å². The standard InChI is InChI=1S/C17H14Cl2N2O4S/c1-25-10-3-5-15(26(20,23)24)12(6-10)16-14(19)7-13(18)11-4-2-9(8-22)21-17(11)16/h2-7,22H,8H2,1H3,(H2,20,23,24). The minimum absolute atomic E-state index is 0.125. The molecule has 2 aromatic carbocycles. The molecule has 3 aromatic rings. The lowest BCUT2D eigenvalue weighted by molar-refractivity contribution is 0.277. The Labute approximate surface area is 160 Å². The first-order valence-corrected chi connectivity index (χ1v) is 9.66. The molecular weight excluding hydrogens is 399 g/mol. The first kappa shape index (κ1) is 18.9. The van der Waals surface area contributed by atoms with E-state index in [0.717, 1.165) is 0 Å². The third kappa shape index (κ3) is 3.36. The van der Waals surface area contributed by atoms with Gasteiger partial charge >= 0.3 is 0 Å². The molecule has 0 fully saturated rings. The Morgan fingerprint density at radius 3 is 2.50 bits per heavy atom. The number of fused-ring (bicyclic) bond motifs is 1. The number of benzene rings is 2. The van der Waals surface area contributed by atoms with Gasteiger partial charge in [-0.15, -0.1) is 0 Å². The molecule has 0 radical (unpaired) electrons. The van der Waals surface area contributed by atoms with Crippen LogP contribution in [0.15, 0.2) is 41.3 Å². The lowest BCUT2D eigenvalue weighted by Crippen LogP contribution is -2.13. The van der Waals surface area contributed by atoms with Gasteiger partial charge in [-0.1, -0.05) is 23.2 Å². The van der Waals surface area contributed by atoms with Gasteiger partial charge in [-0.3, -0.25) is 0 Å². The molecule has 6 nitrogen and oxygen atoms in total. The van der Waals surface area contributed by atoms with Crippen LogP contribution in [-0.2, 0) is 16.6 Å². The van der Waals surface area contributed by atoms with Crippen molar-refractivity contribution < 1.29 is 18.3 Å². The number of aromatic nitrogens is 1. The number of rotatable bonds is 4. The number of hydrogen-bond acceptors (Lipinski definition) is 5. The highest BCUT2D eigenvalue weighted by Crippen LogP contribution is 2.41. The van der Waals surface area contributed by atoms with E-state index < -0.39 is 10.0 Å². The summed E-state index contributed by atoms with van der Waals surface area (Å²) < 4.78 is 29.3. The smallest absolute Gasteiger partial charge is 0.238 e. The summed E-state index contributed by atoms with van der Waals surface area (Å²) in [5.41, 5.74) is 1.31. The number of primary sulfonamides is 1. The van der Waals surface area contributed by atoms with E-state index in [1.54, 1.807) is 12.1 Å². The minimum Gasteiger partial charge on any atom is -0.497 e. The van der Waals surface area contributed by atoms with Gasteiger partial charge in [-0.25, -0.2) is 18.5 Å². The summed E-state index contributed by atoms with van der Waals surface area (Å²) in [5, 5.41) is 15.9. The number of hydrogen-bond donors (Lipinski definition) is 2. The summed E-state index contributed by atoms with van der Waals surface area (Å²) >= 11 is 12.6. The van der Waals surface area contributed by atoms with E-state index in [1.807, 2.05) is 0 Å². The minimum atomic E-state index is -4.04. The first-order chi connectivity index (χ1) is 12.3. The van der Waals surface area contributed by atoms with E-state index in [1.165, 1.54) is 31.4 Å². The van der Waals surface area contributed by atoms with E-state index in [-0.39, 0.29) is 22.1 Å². The van der Waals surface area contributed by atoms with Gasteiger partial charge in [0.25, 0.3) is 0 Å². The predicted octanol–water partition coefficient (Wildman–Crippen LogP) is 3.36. The maximum absolute atomic E-state index is 12.1. The molecule has 26 heavy (non-hydrogen) atoms. The monoisotopic (exact) mass is 412 g/mol. The van der Waals surface area contributed by atoms with Crippen molar-refractivity contribution in [2.75, 3.05) is 7.11 Å². The maximum Gasteiger partial charge on any atom is 0.238 e. The van der Waals surface area contributed by atoms with Crippen LogP contribution in [0.25, 0.3) is 22.0 Å². The van der Waals surface area contributed by atoms with Crippen molar-refractivity contribution in [2.24, 2.45) is 5.14 Å². The van der Waals surface area contributed by atoms with Crippen LogP contribution >= 0.6 is 23.2 Å². The second-order valence-electron chi connectivity index (χ2n) is 5.48. The van der Waals surface area contributed by atoms with Crippen molar-refractivity contribution in [1.29, 1.82) is 0 Å². The van der Waals surface area contributed by atoms with Crippen molar-refractivity contribution in [1.82, 2.24) is 4.98 Å². The average molecular weight is 413 g/mol.